The fourth-order valence-corrected chi connectivity index (χ4v) is 5.41. The largest absolute Gasteiger partial charge is 0.392 e. The number of amides is 2. The van der Waals surface area contributed by atoms with Gasteiger partial charge in [-0.3, -0.25) is 4.90 Å². The molecule has 0 saturated carbocycles. The molecule has 0 aromatic heterocycles. The van der Waals surface area contributed by atoms with Crippen LogP contribution in [0.25, 0.3) is 0 Å². The average molecular weight is 596 g/mol. The van der Waals surface area contributed by atoms with Gasteiger partial charge in [0.05, 0.1) is 24.9 Å². The van der Waals surface area contributed by atoms with Crippen LogP contribution in [0.4, 0.5) is 10.5 Å². The second kappa shape index (κ2) is 15.1. The van der Waals surface area contributed by atoms with Crippen molar-refractivity contribution in [3.05, 3.63) is 137 Å². The van der Waals surface area contributed by atoms with Gasteiger partial charge in [-0.25, -0.2) is 4.79 Å². The topological polar surface area (TPSA) is 103 Å². The van der Waals surface area contributed by atoms with Gasteiger partial charge in [-0.05, 0) is 48.4 Å². The summed E-state index contributed by atoms with van der Waals surface area (Å²) >= 11 is 0. The molecule has 1 fully saturated rings. The highest BCUT2D eigenvalue weighted by Gasteiger charge is 2.34. The van der Waals surface area contributed by atoms with Crippen molar-refractivity contribution in [2.75, 3.05) is 18.9 Å². The predicted molar refractivity (Wildman–Crippen MR) is 171 cm³/mol. The molecule has 0 unspecified atom stereocenters. The summed E-state index contributed by atoms with van der Waals surface area (Å²) in [5, 5.41) is 26.4. The number of aliphatic hydroxyl groups is 2. The monoisotopic (exact) mass is 595 g/mol. The number of carbonyl (C=O) groups excluding carboxylic acids is 1. The number of aliphatic hydroxyl groups excluding tert-OH is 2. The molecule has 0 bridgehead atoms. The number of urea groups is 1. The Bertz CT molecular complexity index is 1470. The number of likely N-dealkylation sites (N-methyl/N-ethyl adjacent to an activating group) is 1. The second-order valence-corrected chi connectivity index (χ2v) is 11.3. The third-order valence-corrected chi connectivity index (χ3v) is 8.11. The van der Waals surface area contributed by atoms with E-state index in [1.165, 1.54) is 0 Å². The molecule has 2 amide bonds. The lowest BCUT2D eigenvalue weighted by atomic mass is 9.98. The first-order chi connectivity index (χ1) is 21.4. The third-order valence-electron chi connectivity index (χ3n) is 8.11. The molecule has 0 radical (unpaired) electrons. The fourth-order valence-electron chi connectivity index (χ4n) is 5.41. The number of carbonyl (C=O) groups is 1. The maximum atomic E-state index is 12.6. The minimum Gasteiger partial charge on any atom is -0.392 e. The van der Waals surface area contributed by atoms with Gasteiger partial charge in [-0.1, -0.05) is 97.1 Å². The van der Waals surface area contributed by atoms with Gasteiger partial charge in [-0.2, -0.15) is 0 Å². The first-order valence-electron chi connectivity index (χ1n) is 15.0. The first kappa shape index (κ1) is 31.4. The normalized spacial score (nSPS) is 19.7. The van der Waals surface area contributed by atoms with Gasteiger partial charge in [0.2, 0.25) is 0 Å². The van der Waals surface area contributed by atoms with E-state index in [-0.39, 0.29) is 30.9 Å². The molecule has 1 aliphatic rings. The number of nitrogens with one attached hydrogen (secondary N) is 2. The zero-order chi connectivity index (χ0) is 30.9. The van der Waals surface area contributed by atoms with Gasteiger partial charge in [0.15, 0.2) is 6.29 Å². The minimum atomic E-state index is -0.673. The Kier molecular flexibility index (Phi) is 10.8. The fraction of sp³-hybridized carbons (Fsp3) is 0.306. The Morgan fingerprint density at radius 2 is 1.59 bits per heavy atom. The summed E-state index contributed by atoms with van der Waals surface area (Å²) < 4.78 is 13.0. The van der Waals surface area contributed by atoms with Crippen LogP contribution in [0.1, 0.15) is 59.7 Å². The zero-order valence-corrected chi connectivity index (χ0v) is 25.2. The molecule has 8 heteroatoms. The summed E-state index contributed by atoms with van der Waals surface area (Å²) in [6.45, 7) is 2.99. The van der Waals surface area contributed by atoms with Gasteiger partial charge in [0, 0.05) is 36.8 Å². The van der Waals surface area contributed by atoms with E-state index in [9.17, 15) is 15.0 Å². The van der Waals surface area contributed by atoms with E-state index in [4.69, 9.17) is 9.47 Å². The Labute approximate surface area is 259 Å². The SMILES string of the molecule is C[C@@H]([C@H](O)c1ccccc1)N(C)C[C@H]1C[C@@H](c2ccc(CO)cc2)O[C@@H](c2cccc(NC(=O)NCc3ccccc3)c2)O1. The predicted octanol–water partition coefficient (Wildman–Crippen LogP) is 6.10. The highest BCUT2D eigenvalue weighted by Crippen LogP contribution is 2.39. The molecule has 44 heavy (non-hydrogen) atoms. The molecule has 5 atom stereocenters. The van der Waals surface area contributed by atoms with Crippen LogP contribution in [0.15, 0.2) is 109 Å². The van der Waals surface area contributed by atoms with Gasteiger partial charge in [0.1, 0.15) is 0 Å². The lowest BCUT2D eigenvalue weighted by molar-refractivity contribution is -0.253. The number of ether oxygens (including phenoxy) is 2. The highest BCUT2D eigenvalue weighted by molar-refractivity contribution is 5.89. The zero-order valence-electron chi connectivity index (χ0n) is 25.2. The molecule has 5 rings (SSSR count). The maximum absolute atomic E-state index is 12.6. The molecular formula is C36H41N3O5. The van der Waals surface area contributed by atoms with Crippen LogP contribution in [-0.4, -0.2) is 46.9 Å². The van der Waals surface area contributed by atoms with E-state index in [1.54, 1.807) is 0 Å². The average Bonchev–Trinajstić information content (AvgIpc) is 3.07. The lowest BCUT2D eigenvalue weighted by Crippen LogP contribution is -2.43. The van der Waals surface area contributed by atoms with E-state index < -0.39 is 12.4 Å². The van der Waals surface area contributed by atoms with Gasteiger partial charge >= 0.3 is 6.03 Å². The molecule has 4 N–H and O–H groups in total. The summed E-state index contributed by atoms with van der Waals surface area (Å²) in [5.74, 6) is 0. The summed E-state index contributed by atoms with van der Waals surface area (Å²) in [4.78, 5) is 14.7. The summed E-state index contributed by atoms with van der Waals surface area (Å²) in [6.07, 6.45) is -1.15. The van der Waals surface area contributed by atoms with E-state index >= 15 is 0 Å². The molecule has 1 aliphatic heterocycles. The van der Waals surface area contributed by atoms with E-state index in [2.05, 4.69) is 15.5 Å². The first-order valence-corrected chi connectivity index (χ1v) is 15.0. The quantitative estimate of drug-likeness (QED) is 0.167. The van der Waals surface area contributed by atoms with Crippen molar-refractivity contribution in [2.45, 2.75) is 57.1 Å². The third kappa shape index (κ3) is 8.31. The molecule has 8 nitrogen and oxygen atoms in total. The van der Waals surface area contributed by atoms with E-state index in [1.807, 2.05) is 123 Å². The van der Waals surface area contributed by atoms with Crippen LogP contribution < -0.4 is 10.6 Å². The Morgan fingerprint density at radius 1 is 0.886 bits per heavy atom. The molecular weight excluding hydrogens is 554 g/mol. The number of nitrogens with zero attached hydrogens (tertiary/aromatic N) is 1. The van der Waals surface area contributed by atoms with Crippen LogP contribution in [0, 0.1) is 0 Å². The van der Waals surface area contributed by atoms with Crippen molar-refractivity contribution in [1.29, 1.82) is 0 Å². The Morgan fingerprint density at radius 3 is 2.30 bits per heavy atom. The molecule has 0 aliphatic carbocycles. The summed E-state index contributed by atoms with van der Waals surface area (Å²) in [7, 11) is 1.99. The summed E-state index contributed by atoms with van der Waals surface area (Å²) in [5.41, 5.74) is 5.13. The van der Waals surface area contributed by atoms with Crippen molar-refractivity contribution < 1.29 is 24.5 Å². The number of benzene rings is 4. The number of rotatable bonds is 11. The maximum Gasteiger partial charge on any atom is 0.319 e. The summed E-state index contributed by atoms with van der Waals surface area (Å²) in [6, 6.07) is 34.2. The number of hydrogen-bond acceptors (Lipinski definition) is 6. The van der Waals surface area contributed by atoms with E-state index in [0.717, 1.165) is 27.8 Å². The molecule has 1 saturated heterocycles. The van der Waals surface area contributed by atoms with Crippen LogP contribution in [0.5, 0.6) is 0 Å². The van der Waals surface area contributed by atoms with Crippen LogP contribution in [0.3, 0.4) is 0 Å². The van der Waals surface area contributed by atoms with Crippen molar-refractivity contribution in [2.24, 2.45) is 0 Å². The number of anilines is 1. The highest BCUT2D eigenvalue weighted by atomic mass is 16.7. The van der Waals surface area contributed by atoms with Crippen molar-refractivity contribution in [3.8, 4) is 0 Å². The molecule has 230 valence electrons. The number of hydrogen-bond donors (Lipinski definition) is 4. The smallest absolute Gasteiger partial charge is 0.319 e. The van der Waals surface area contributed by atoms with Gasteiger partial charge in [0.25, 0.3) is 0 Å². The second-order valence-electron chi connectivity index (χ2n) is 11.3. The van der Waals surface area contributed by atoms with Crippen molar-refractivity contribution in [1.82, 2.24) is 10.2 Å². The van der Waals surface area contributed by atoms with Crippen molar-refractivity contribution in [3.63, 3.8) is 0 Å². The van der Waals surface area contributed by atoms with E-state index in [0.29, 0.717) is 25.2 Å². The Hall–Kier alpha value is -4.05. The molecule has 4 aromatic rings. The molecule has 1 heterocycles. The standard InChI is InChI=1S/C36H41N3O5/c1-25(34(41)29-12-7-4-8-13-29)39(2)23-32-21-33(28-18-16-27(24-40)17-19-28)44-35(43-32)30-14-9-15-31(20-30)38-36(42)37-22-26-10-5-3-6-11-26/h3-20,25,32-35,40-41H,21-24H2,1-2H3,(H2,37,38,42)/t25-,32+,33-,34-,35-/m0/s1. The van der Waals surface area contributed by atoms with Gasteiger partial charge in [-0.15, -0.1) is 0 Å². The minimum absolute atomic E-state index is 0.0225. The Balaban J connectivity index is 1.30. The molecule has 0 spiro atoms. The van der Waals surface area contributed by atoms with Gasteiger partial charge < -0.3 is 30.3 Å². The van der Waals surface area contributed by atoms with Crippen LogP contribution in [0.2, 0.25) is 0 Å². The van der Waals surface area contributed by atoms with Crippen molar-refractivity contribution >= 4 is 11.7 Å². The lowest BCUT2D eigenvalue weighted by Gasteiger charge is -2.39. The van der Waals surface area contributed by atoms with Crippen LogP contribution in [-0.2, 0) is 22.6 Å². The molecule has 4 aromatic carbocycles. The van der Waals surface area contributed by atoms with Crippen LogP contribution >= 0.6 is 0 Å².